The minimum absolute atomic E-state index is 0.0661. The van der Waals surface area contributed by atoms with Crippen molar-refractivity contribution in [2.24, 2.45) is 0 Å². The maximum Gasteiger partial charge on any atom is 0.306 e. The number of halogens is 1. The van der Waals surface area contributed by atoms with E-state index in [1.807, 2.05) is 6.92 Å². The fourth-order valence-electron chi connectivity index (χ4n) is 3.54. The van der Waals surface area contributed by atoms with Crippen LogP contribution in [0.25, 0.3) is 6.08 Å². The first kappa shape index (κ1) is 21.1. The Bertz CT molecular complexity index is 717. The van der Waals surface area contributed by atoms with Crippen molar-refractivity contribution in [3.05, 3.63) is 21.9 Å². The van der Waals surface area contributed by atoms with E-state index in [1.54, 1.807) is 5.38 Å². The average molecular weight is 410 g/mol. The second-order valence-electron chi connectivity index (χ2n) is 7.59. The second kappa shape index (κ2) is 10.3. The third kappa shape index (κ3) is 6.78. The summed E-state index contributed by atoms with van der Waals surface area (Å²) in [6, 6.07) is 0. The smallest absolute Gasteiger partial charge is 0.306 e. The van der Waals surface area contributed by atoms with Gasteiger partial charge in [0.1, 0.15) is 11.6 Å². The highest BCUT2D eigenvalue weighted by atomic mass is 32.1. The van der Waals surface area contributed by atoms with E-state index in [1.165, 1.54) is 17.4 Å². The molecule has 2 saturated heterocycles. The number of ether oxygens (including phenoxy) is 2. The van der Waals surface area contributed by atoms with Gasteiger partial charge in [0.25, 0.3) is 0 Å². The molecule has 2 fully saturated rings. The highest BCUT2D eigenvalue weighted by Crippen LogP contribution is 2.34. The van der Waals surface area contributed by atoms with Gasteiger partial charge >= 0.3 is 5.97 Å². The van der Waals surface area contributed by atoms with Crippen LogP contribution >= 0.6 is 11.3 Å². The van der Waals surface area contributed by atoms with Gasteiger partial charge in [-0.2, -0.15) is 0 Å². The van der Waals surface area contributed by atoms with Crippen LogP contribution in [0.5, 0.6) is 0 Å². The Morgan fingerprint density at radius 1 is 1.14 bits per heavy atom. The van der Waals surface area contributed by atoms with Crippen LogP contribution in [0.2, 0.25) is 0 Å². The van der Waals surface area contributed by atoms with E-state index in [0.717, 1.165) is 37.1 Å². The lowest BCUT2D eigenvalue weighted by atomic mass is 10.0. The maximum atomic E-state index is 14.8. The van der Waals surface area contributed by atoms with E-state index >= 15 is 0 Å². The van der Waals surface area contributed by atoms with Gasteiger partial charge in [-0.25, -0.2) is 9.37 Å². The Labute approximate surface area is 169 Å². The van der Waals surface area contributed by atoms with Crippen molar-refractivity contribution in [1.29, 1.82) is 0 Å². The molecule has 0 saturated carbocycles. The number of epoxide rings is 1. The van der Waals surface area contributed by atoms with Crippen molar-refractivity contribution in [3.63, 3.8) is 0 Å². The zero-order chi connectivity index (χ0) is 19.9. The number of esters is 1. The molecule has 5 nitrogen and oxygen atoms in total. The van der Waals surface area contributed by atoms with Crippen LogP contribution < -0.4 is 0 Å². The number of hydrogen-bond acceptors (Lipinski definition) is 6. The lowest BCUT2D eigenvalue weighted by Crippen LogP contribution is -2.22. The van der Waals surface area contributed by atoms with Gasteiger partial charge < -0.3 is 9.47 Å². The van der Waals surface area contributed by atoms with Crippen LogP contribution in [0.4, 0.5) is 4.39 Å². The van der Waals surface area contributed by atoms with Crippen LogP contribution in [0, 0.1) is 6.92 Å². The zero-order valence-electron chi connectivity index (χ0n) is 16.3. The summed E-state index contributed by atoms with van der Waals surface area (Å²) in [5.41, 5.74) is 0.530. The van der Waals surface area contributed by atoms with E-state index in [4.69, 9.17) is 9.47 Å². The molecular weight excluding hydrogens is 381 g/mol. The summed E-state index contributed by atoms with van der Waals surface area (Å²) in [5.74, 6) is -0.794. The highest BCUT2D eigenvalue weighted by Gasteiger charge is 2.41. The summed E-state index contributed by atoms with van der Waals surface area (Å²) in [6.07, 6.45) is 7.26. The molecule has 3 heterocycles. The van der Waals surface area contributed by atoms with E-state index in [0.29, 0.717) is 31.4 Å². The Morgan fingerprint density at radius 3 is 2.71 bits per heavy atom. The predicted octanol–water partition coefficient (Wildman–Crippen LogP) is 4.92. The average Bonchev–Trinajstić information content (AvgIpc) is 3.25. The van der Waals surface area contributed by atoms with Crippen molar-refractivity contribution < 1.29 is 23.5 Å². The number of thiazole rings is 1. The molecule has 1 aromatic rings. The van der Waals surface area contributed by atoms with Crippen molar-refractivity contribution in [2.75, 3.05) is 0 Å². The topological polar surface area (TPSA) is 68.8 Å². The number of ketones is 1. The molecule has 28 heavy (non-hydrogen) atoms. The Kier molecular flexibility index (Phi) is 7.73. The number of carbonyl (C=O) groups excluding carboxylic acids is 2. The van der Waals surface area contributed by atoms with E-state index in [-0.39, 0.29) is 24.4 Å². The number of aryl methyl sites for hydroxylation is 1. The summed E-state index contributed by atoms with van der Waals surface area (Å²) in [6.45, 7) is 1.86. The number of aromatic nitrogens is 1. The summed E-state index contributed by atoms with van der Waals surface area (Å²) in [7, 11) is 0. The zero-order valence-corrected chi connectivity index (χ0v) is 17.1. The standard InChI is InChI=1S/C21H28FNO4S/c1-14-23-15(13-28-14)11-17(22)19-12-20-18(26-20)9-5-3-2-4-7-16(24)8-6-10-21(25)27-19/h11,13,18-20H,2-10,12H2,1H3/b17-11-. The molecular formula is C21H28FNO4S. The minimum Gasteiger partial charge on any atom is -0.455 e. The van der Waals surface area contributed by atoms with Gasteiger partial charge in [0.05, 0.1) is 22.9 Å². The lowest BCUT2D eigenvalue weighted by molar-refractivity contribution is -0.148. The fourth-order valence-corrected chi connectivity index (χ4v) is 4.11. The van der Waals surface area contributed by atoms with Crippen molar-refractivity contribution >= 4 is 29.2 Å². The van der Waals surface area contributed by atoms with Crippen molar-refractivity contribution in [1.82, 2.24) is 4.98 Å². The molecule has 3 unspecified atom stereocenters. The molecule has 7 heteroatoms. The van der Waals surface area contributed by atoms with Crippen LogP contribution in [0.15, 0.2) is 11.2 Å². The van der Waals surface area contributed by atoms with Gasteiger partial charge in [0.2, 0.25) is 0 Å². The molecule has 154 valence electrons. The first-order valence-corrected chi connectivity index (χ1v) is 11.0. The predicted molar refractivity (Wildman–Crippen MR) is 106 cm³/mol. The molecule has 0 aliphatic carbocycles. The summed E-state index contributed by atoms with van der Waals surface area (Å²) in [5, 5.41) is 2.62. The van der Waals surface area contributed by atoms with Gasteiger partial charge in [-0.15, -0.1) is 11.3 Å². The summed E-state index contributed by atoms with van der Waals surface area (Å²) >= 11 is 1.44. The van der Waals surface area contributed by atoms with E-state index in [2.05, 4.69) is 4.98 Å². The normalized spacial score (nSPS) is 28.5. The Balaban J connectivity index is 1.65. The maximum absolute atomic E-state index is 14.8. The van der Waals surface area contributed by atoms with Crippen molar-refractivity contribution in [3.8, 4) is 0 Å². The quantitative estimate of drug-likeness (QED) is 0.512. The van der Waals surface area contributed by atoms with Gasteiger partial charge in [-0.3, -0.25) is 9.59 Å². The van der Waals surface area contributed by atoms with Gasteiger partial charge in [-0.05, 0) is 32.3 Å². The molecule has 2 aliphatic heterocycles. The van der Waals surface area contributed by atoms with Gasteiger partial charge in [-0.1, -0.05) is 19.3 Å². The number of cyclic esters (lactones) is 1. The number of carbonyl (C=O) groups is 2. The van der Waals surface area contributed by atoms with Crippen molar-refractivity contribution in [2.45, 2.75) is 89.4 Å². The molecule has 2 aliphatic rings. The second-order valence-corrected chi connectivity index (χ2v) is 8.66. The van der Waals surface area contributed by atoms with Gasteiger partial charge in [0.15, 0.2) is 6.10 Å². The largest absolute Gasteiger partial charge is 0.455 e. The van der Waals surface area contributed by atoms with Gasteiger partial charge in [0, 0.05) is 31.1 Å². The molecule has 0 spiro atoms. The number of nitrogens with zero attached hydrogens (tertiary/aromatic N) is 1. The van der Waals surface area contributed by atoms with Crippen LogP contribution in [0.3, 0.4) is 0 Å². The Morgan fingerprint density at radius 2 is 1.93 bits per heavy atom. The molecule has 0 aromatic carbocycles. The highest BCUT2D eigenvalue weighted by molar-refractivity contribution is 7.09. The Hall–Kier alpha value is -1.60. The fraction of sp³-hybridized carbons (Fsp3) is 0.667. The molecule has 3 rings (SSSR count). The lowest BCUT2D eigenvalue weighted by Gasteiger charge is -2.16. The number of rotatable bonds is 2. The molecule has 0 amide bonds. The molecule has 0 bridgehead atoms. The first-order chi connectivity index (χ1) is 13.5. The summed E-state index contributed by atoms with van der Waals surface area (Å²) < 4.78 is 25.9. The van der Waals surface area contributed by atoms with Crippen LogP contribution in [-0.2, 0) is 19.1 Å². The number of Topliss-reactive ketones (excluding diaryl/α,β-unsaturated/α-hetero) is 1. The number of fused-ring (bicyclic) bond motifs is 1. The molecule has 0 N–H and O–H groups in total. The number of hydrogen-bond donors (Lipinski definition) is 0. The monoisotopic (exact) mass is 409 g/mol. The van der Waals surface area contributed by atoms with E-state index < -0.39 is 17.9 Å². The molecule has 0 radical (unpaired) electrons. The molecule has 1 aromatic heterocycles. The molecule has 3 atom stereocenters. The summed E-state index contributed by atoms with van der Waals surface area (Å²) in [4.78, 5) is 28.3. The van der Waals surface area contributed by atoms with Crippen LogP contribution in [-0.4, -0.2) is 35.0 Å². The SMILES string of the molecule is Cc1nc(/C=C(\F)C2CC3OC3CCCCCCC(=O)CCCC(=O)O2)cs1. The third-order valence-corrected chi connectivity index (χ3v) is 5.96. The third-order valence-electron chi connectivity index (χ3n) is 5.17. The minimum atomic E-state index is -0.965. The first-order valence-electron chi connectivity index (χ1n) is 10.2. The van der Waals surface area contributed by atoms with E-state index in [9.17, 15) is 14.0 Å². The van der Waals surface area contributed by atoms with Crippen LogP contribution in [0.1, 0.15) is 74.9 Å².